The van der Waals surface area contributed by atoms with Crippen LogP contribution in [0.15, 0.2) is 59.2 Å². The molecule has 0 aliphatic carbocycles. The number of rotatable bonds is 2. The van der Waals surface area contributed by atoms with Crippen molar-refractivity contribution < 1.29 is 9.84 Å². The molecule has 3 aromatic rings. The summed E-state index contributed by atoms with van der Waals surface area (Å²) in [5, 5.41) is 10.3. The van der Waals surface area contributed by atoms with E-state index in [-0.39, 0.29) is 5.75 Å². The monoisotopic (exact) mass is 315 g/mol. The standard InChI is InChI=1S/C15H10BrNO2/c16-13-3-1-2-4-15(13)19-12-5-6-14-10(8-12)7-11(18)9-17-14/h1-9,18H. The van der Waals surface area contributed by atoms with Crippen LogP contribution in [-0.2, 0) is 0 Å². The Labute approximate surface area is 118 Å². The van der Waals surface area contributed by atoms with Crippen LogP contribution >= 0.6 is 15.9 Å². The van der Waals surface area contributed by atoms with Gasteiger partial charge in [0.25, 0.3) is 0 Å². The average Bonchev–Trinajstić information content (AvgIpc) is 2.41. The topological polar surface area (TPSA) is 42.4 Å². The molecule has 1 N–H and O–H groups in total. The molecule has 4 heteroatoms. The number of benzene rings is 2. The van der Waals surface area contributed by atoms with Gasteiger partial charge in [-0.05, 0) is 52.3 Å². The smallest absolute Gasteiger partial charge is 0.141 e. The van der Waals surface area contributed by atoms with Gasteiger partial charge < -0.3 is 9.84 Å². The van der Waals surface area contributed by atoms with Crippen molar-refractivity contribution in [1.82, 2.24) is 4.98 Å². The van der Waals surface area contributed by atoms with Crippen LogP contribution in [0.2, 0.25) is 0 Å². The number of hydrogen-bond donors (Lipinski definition) is 1. The molecular formula is C15H10BrNO2. The summed E-state index contributed by atoms with van der Waals surface area (Å²) in [6.45, 7) is 0. The Morgan fingerprint density at radius 3 is 2.74 bits per heavy atom. The van der Waals surface area contributed by atoms with E-state index >= 15 is 0 Å². The fraction of sp³-hybridized carbons (Fsp3) is 0. The van der Waals surface area contributed by atoms with Crippen LogP contribution in [0.4, 0.5) is 0 Å². The zero-order valence-electron chi connectivity index (χ0n) is 9.88. The number of pyridine rings is 1. The Balaban J connectivity index is 2.00. The number of ether oxygens (including phenoxy) is 1. The zero-order chi connectivity index (χ0) is 13.2. The van der Waals surface area contributed by atoms with Crippen LogP contribution < -0.4 is 4.74 Å². The molecule has 0 bridgehead atoms. The van der Waals surface area contributed by atoms with Gasteiger partial charge >= 0.3 is 0 Å². The number of nitrogens with zero attached hydrogens (tertiary/aromatic N) is 1. The lowest BCUT2D eigenvalue weighted by Crippen LogP contribution is -1.86. The lowest BCUT2D eigenvalue weighted by molar-refractivity contribution is 0.473. The number of para-hydroxylation sites is 1. The maximum Gasteiger partial charge on any atom is 0.141 e. The van der Waals surface area contributed by atoms with Crippen molar-refractivity contribution in [3.8, 4) is 17.2 Å². The van der Waals surface area contributed by atoms with E-state index in [4.69, 9.17) is 4.74 Å². The Morgan fingerprint density at radius 2 is 1.89 bits per heavy atom. The van der Waals surface area contributed by atoms with Crippen LogP contribution in [0.1, 0.15) is 0 Å². The van der Waals surface area contributed by atoms with E-state index in [9.17, 15) is 5.11 Å². The third kappa shape index (κ3) is 2.53. The number of halogens is 1. The summed E-state index contributed by atoms with van der Waals surface area (Å²) < 4.78 is 6.69. The van der Waals surface area contributed by atoms with Crippen molar-refractivity contribution in [2.45, 2.75) is 0 Å². The highest BCUT2D eigenvalue weighted by Gasteiger charge is 2.03. The fourth-order valence-electron chi connectivity index (χ4n) is 1.82. The van der Waals surface area contributed by atoms with Crippen molar-refractivity contribution in [2.75, 3.05) is 0 Å². The van der Waals surface area contributed by atoms with Gasteiger partial charge in [-0.15, -0.1) is 0 Å². The van der Waals surface area contributed by atoms with E-state index in [1.165, 1.54) is 6.20 Å². The third-order valence-electron chi connectivity index (χ3n) is 2.70. The summed E-state index contributed by atoms with van der Waals surface area (Å²) in [5.41, 5.74) is 0.817. The Bertz CT molecular complexity index is 743. The molecule has 2 aromatic carbocycles. The van der Waals surface area contributed by atoms with Crippen molar-refractivity contribution in [3.63, 3.8) is 0 Å². The van der Waals surface area contributed by atoms with E-state index in [0.29, 0.717) is 5.75 Å². The molecule has 0 amide bonds. The largest absolute Gasteiger partial charge is 0.506 e. The van der Waals surface area contributed by atoms with Gasteiger partial charge in [0, 0.05) is 5.39 Å². The molecule has 3 nitrogen and oxygen atoms in total. The second-order valence-corrected chi connectivity index (χ2v) is 4.93. The summed E-state index contributed by atoms with van der Waals surface area (Å²) in [6.07, 6.45) is 1.43. The first-order valence-electron chi connectivity index (χ1n) is 5.73. The lowest BCUT2D eigenvalue weighted by atomic mass is 10.2. The van der Waals surface area contributed by atoms with E-state index in [1.807, 2.05) is 42.5 Å². The SMILES string of the molecule is Oc1cnc2ccc(Oc3ccccc3Br)cc2c1. The Kier molecular flexibility index (Phi) is 3.09. The summed E-state index contributed by atoms with van der Waals surface area (Å²) >= 11 is 3.44. The molecule has 3 rings (SSSR count). The molecular weight excluding hydrogens is 306 g/mol. The molecule has 0 fully saturated rings. The summed E-state index contributed by atoms with van der Waals surface area (Å²) in [4.78, 5) is 4.13. The normalized spacial score (nSPS) is 10.6. The quantitative estimate of drug-likeness (QED) is 0.757. The van der Waals surface area contributed by atoms with Crippen LogP contribution in [0.3, 0.4) is 0 Å². The second-order valence-electron chi connectivity index (χ2n) is 4.08. The first-order valence-corrected chi connectivity index (χ1v) is 6.53. The molecule has 0 spiro atoms. The molecule has 0 atom stereocenters. The molecule has 19 heavy (non-hydrogen) atoms. The minimum Gasteiger partial charge on any atom is -0.506 e. The van der Waals surface area contributed by atoms with Gasteiger partial charge in [0.2, 0.25) is 0 Å². The van der Waals surface area contributed by atoms with Gasteiger partial charge in [-0.25, -0.2) is 0 Å². The molecule has 0 unspecified atom stereocenters. The molecule has 0 saturated carbocycles. The minimum absolute atomic E-state index is 0.144. The highest BCUT2D eigenvalue weighted by Crippen LogP contribution is 2.31. The first-order chi connectivity index (χ1) is 9.22. The molecule has 0 aliphatic heterocycles. The van der Waals surface area contributed by atoms with Gasteiger partial charge in [0.1, 0.15) is 17.2 Å². The number of aromatic hydroxyl groups is 1. The Morgan fingerprint density at radius 1 is 1.05 bits per heavy atom. The predicted octanol–water partition coefficient (Wildman–Crippen LogP) is 4.50. The van der Waals surface area contributed by atoms with Crippen molar-refractivity contribution in [1.29, 1.82) is 0 Å². The zero-order valence-corrected chi connectivity index (χ0v) is 11.5. The lowest BCUT2D eigenvalue weighted by Gasteiger charge is -2.08. The fourth-order valence-corrected chi connectivity index (χ4v) is 2.18. The molecule has 0 aliphatic rings. The number of fused-ring (bicyclic) bond motifs is 1. The van der Waals surface area contributed by atoms with Crippen molar-refractivity contribution in [2.24, 2.45) is 0 Å². The first kappa shape index (κ1) is 12.0. The minimum atomic E-state index is 0.144. The molecule has 1 heterocycles. The maximum atomic E-state index is 9.44. The van der Waals surface area contributed by atoms with E-state index < -0.39 is 0 Å². The summed E-state index contributed by atoms with van der Waals surface area (Å²) in [5.74, 6) is 1.59. The van der Waals surface area contributed by atoms with Gasteiger partial charge in [0.05, 0.1) is 16.2 Å². The van der Waals surface area contributed by atoms with E-state index in [2.05, 4.69) is 20.9 Å². The van der Waals surface area contributed by atoms with Crippen LogP contribution in [0, 0.1) is 0 Å². The van der Waals surface area contributed by atoms with Crippen molar-refractivity contribution >= 4 is 26.8 Å². The van der Waals surface area contributed by atoms with Gasteiger partial charge in [-0.2, -0.15) is 0 Å². The Hall–Kier alpha value is -2.07. The van der Waals surface area contributed by atoms with Gasteiger partial charge in [-0.1, -0.05) is 12.1 Å². The number of hydrogen-bond acceptors (Lipinski definition) is 3. The molecule has 0 saturated heterocycles. The second kappa shape index (κ2) is 4.90. The number of aromatic nitrogens is 1. The third-order valence-corrected chi connectivity index (χ3v) is 3.36. The van der Waals surface area contributed by atoms with E-state index in [1.54, 1.807) is 6.07 Å². The van der Waals surface area contributed by atoms with Crippen LogP contribution in [0.5, 0.6) is 17.2 Å². The molecule has 94 valence electrons. The van der Waals surface area contributed by atoms with Crippen molar-refractivity contribution in [3.05, 3.63) is 59.2 Å². The highest BCUT2D eigenvalue weighted by molar-refractivity contribution is 9.10. The summed E-state index contributed by atoms with van der Waals surface area (Å²) in [7, 11) is 0. The molecule has 1 aromatic heterocycles. The summed E-state index contributed by atoms with van der Waals surface area (Å²) in [6, 6.07) is 14.9. The van der Waals surface area contributed by atoms with Gasteiger partial charge in [-0.3, -0.25) is 4.98 Å². The highest BCUT2D eigenvalue weighted by atomic mass is 79.9. The predicted molar refractivity (Wildman–Crippen MR) is 77.6 cm³/mol. The van der Waals surface area contributed by atoms with Crippen LogP contribution in [0.25, 0.3) is 10.9 Å². The van der Waals surface area contributed by atoms with Gasteiger partial charge in [0.15, 0.2) is 0 Å². The molecule has 0 radical (unpaired) electrons. The average molecular weight is 316 g/mol. The van der Waals surface area contributed by atoms with E-state index in [0.717, 1.165) is 21.1 Å². The van der Waals surface area contributed by atoms with Crippen LogP contribution in [-0.4, -0.2) is 10.1 Å². The maximum absolute atomic E-state index is 9.44.